The fraction of sp³-hybridized carbons (Fsp3) is 0.400. The first kappa shape index (κ1) is 13.6. The minimum atomic E-state index is 0.147. The van der Waals surface area contributed by atoms with Crippen molar-refractivity contribution in [2.24, 2.45) is 0 Å². The van der Waals surface area contributed by atoms with Crippen molar-refractivity contribution in [3.05, 3.63) is 30.9 Å². The van der Waals surface area contributed by atoms with Gasteiger partial charge in [-0.3, -0.25) is 4.79 Å². The number of nitrogen functional groups attached to an aromatic ring is 1. The summed E-state index contributed by atoms with van der Waals surface area (Å²) < 4.78 is 2.04. The molecule has 2 heterocycles. The maximum atomic E-state index is 11.7. The van der Waals surface area contributed by atoms with Gasteiger partial charge in [-0.2, -0.15) is 0 Å². The maximum Gasteiger partial charge on any atom is 0.220 e. The Morgan fingerprint density at radius 3 is 2.95 bits per heavy atom. The number of hydrogen-bond acceptors (Lipinski definition) is 4. The van der Waals surface area contributed by atoms with Crippen molar-refractivity contribution in [3.8, 4) is 11.3 Å². The number of nitrogens with zero attached hydrogens (tertiary/aromatic N) is 3. The summed E-state index contributed by atoms with van der Waals surface area (Å²) in [6.45, 7) is 0.762. The highest BCUT2D eigenvalue weighted by Gasteiger charge is 2.22. The van der Waals surface area contributed by atoms with Crippen LogP contribution in [0.25, 0.3) is 11.3 Å². The molecule has 1 aliphatic carbocycles. The zero-order valence-corrected chi connectivity index (χ0v) is 11.8. The molecule has 6 nitrogen and oxygen atoms in total. The lowest BCUT2D eigenvalue weighted by Gasteiger charge is -2.08. The predicted molar refractivity (Wildman–Crippen MR) is 80.3 cm³/mol. The normalized spacial score (nSPS) is 14.1. The fourth-order valence-corrected chi connectivity index (χ4v) is 2.23. The molecule has 3 rings (SSSR count). The van der Waals surface area contributed by atoms with Gasteiger partial charge in [0.25, 0.3) is 0 Å². The van der Waals surface area contributed by atoms with Crippen molar-refractivity contribution in [2.75, 3.05) is 5.73 Å². The summed E-state index contributed by atoms with van der Waals surface area (Å²) in [6.07, 6.45) is 8.92. The second-order valence-electron chi connectivity index (χ2n) is 5.39. The van der Waals surface area contributed by atoms with E-state index in [4.69, 9.17) is 5.73 Å². The van der Waals surface area contributed by atoms with Crippen LogP contribution in [-0.4, -0.2) is 26.5 Å². The second-order valence-corrected chi connectivity index (χ2v) is 5.39. The Labute approximate surface area is 123 Å². The molecule has 1 saturated carbocycles. The van der Waals surface area contributed by atoms with Gasteiger partial charge in [0.1, 0.15) is 5.82 Å². The molecule has 0 aliphatic heterocycles. The molecule has 6 heteroatoms. The number of nitrogens with two attached hydrogens (primary N) is 1. The highest BCUT2D eigenvalue weighted by atomic mass is 16.1. The molecule has 21 heavy (non-hydrogen) atoms. The Balaban J connectivity index is 1.57. The molecule has 1 aliphatic rings. The first-order chi connectivity index (χ1) is 10.2. The fourth-order valence-electron chi connectivity index (χ4n) is 2.23. The van der Waals surface area contributed by atoms with Gasteiger partial charge < -0.3 is 15.6 Å². The van der Waals surface area contributed by atoms with Crippen LogP contribution in [0.5, 0.6) is 0 Å². The van der Waals surface area contributed by atoms with Crippen LogP contribution >= 0.6 is 0 Å². The van der Waals surface area contributed by atoms with Crippen LogP contribution in [0, 0.1) is 0 Å². The average molecular weight is 285 g/mol. The van der Waals surface area contributed by atoms with Gasteiger partial charge in [0.2, 0.25) is 5.91 Å². The lowest BCUT2D eigenvalue weighted by molar-refractivity contribution is -0.121. The number of rotatable bonds is 6. The molecule has 110 valence electrons. The molecule has 0 radical (unpaired) electrons. The molecule has 3 N–H and O–H groups in total. The average Bonchev–Trinajstić information content (AvgIpc) is 3.15. The lowest BCUT2D eigenvalue weighted by atomic mass is 10.2. The van der Waals surface area contributed by atoms with Gasteiger partial charge in [-0.1, -0.05) is 0 Å². The molecule has 2 aromatic heterocycles. The summed E-state index contributed by atoms with van der Waals surface area (Å²) in [5.41, 5.74) is 7.57. The number of aromatic nitrogens is 3. The van der Waals surface area contributed by atoms with Crippen molar-refractivity contribution in [2.45, 2.75) is 38.3 Å². The molecule has 0 unspecified atom stereocenters. The lowest BCUT2D eigenvalue weighted by Crippen LogP contribution is -2.25. The Hall–Kier alpha value is -2.37. The summed E-state index contributed by atoms with van der Waals surface area (Å²) in [4.78, 5) is 19.9. The largest absolute Gasteiger partial charge is 0.384 e. The third kappa shape index (κ3) is 3.59. The number of aryl methyl sites for hydroxylation is 1. The molecular weight excluding hydrogens is 266 g/mol. The van der Waals surface area contributed by atoms with Crippen LogP contribution in [0.2, 0.25) is 0 Å². The van der Waals surface area contributed by atoms with E-state index in [1.807, 2.05) is 10.6 Å². The Morgan fingerprint density at radius 1 is 1.38 bits per heavy atom. The highest BCUT2D eigenvalue weighted by molar-refractivity contribution is 5.76. The van der Waals surface area contributed by atoms with Crippen LogP contribution in [-0.2, 0) is 11.3 Å². The number of carbonyl (C=O) groups excluding carboxylic acids is 1. The topological polar surface area (TPSA) is 85.8 Å². The van der Waals surface area contributed by atoms with Crippen molar-refractivity contribution in [1.29, 1.82) is 0 Å². The Bertz CT molecular complexity index is 615. The summed E-state index contributed by atoms with van der Waals surface area (Å²) >= 11 is 0. The molecule has 0 spiro atoms. The first-order valence-electron chi connectivity index (χ1n) is 7.24. The zero-order valence-electron chi connectivity index (χ0n) is 11.8. The number of nitrogens with one attached hydrogen (secondary N) is 1. The van der Waals surface area contributed by atoms with E-state index in [2.05, 4.69) is 15.3 Å². The van der Waals surface area contributed by atoms with E-state index in [1.54, 1.807) is 24.8 Å². The van der Waals surface area contributed by atoms with Crippen molar-refractivity contribution >= 4 is 11.7 Å². The molecule has 0 atom stereocenters. The van der Waals surface area contributed by atoms with Crippen LogP contribution in [0.4, 0.5) is 5.82 Å². The van der Waals surface area contributed by atoms with Gasteiger partial charge in [0, 0.05) is 30.8 Å². The third-order valence-corrected chi connectivity index (χ3v) is 3.54. The third-order valence-electron chi connectivity index (χ3n) is 3.54. The van der Waals surface area contributed by atoms with E-state index in [-0.39, 0.29) is 5.91 Å². The first-order valence-corrected chi connectivity index (χ1v) is 7.24. The monoisotopic (exact) mass is 285 g/mol. The summed E-state index contributed by atoms with van der Waals surface area (Å²) in [7, 11) is 0. The van der Waals surface area contributed by atoms with E-state index in [9.17, 15) is 4.79 Å². The van der Waals surface area contributed by atoms with Crippen molar-refractivity contribution < 1.29 is 4.79 Å². The molecule has 1 fully saturated rings. The summed E-state index contributed by atoms with van der Waals surface area (Å²) in [6, 6.07) is 4.13. The molecular formula is C15H19N5O. The number of hydrogen-bond donors (Lipinski definition) is 2. The summed E-state index contributed by atoms with van der Waals surface area (Å²) in [5, 5.41) is 3.00. The number of anilines is 1. The molecule has 2 aromatic rings. The van der Waals surface area contributed by atoms with E-state index >= 15 is 0 Å². The van der Waals surface area contributed by atoms with Crippen LogP contribution < -0.4 is 11.1 Å². The van der Waals surface area contributed by atoms with Gasteiger partial charge in [0.15, 0.2) is 0 Å². The number of pyridine rings is 1. The van der Waals surface area contributed by atoms with Gasteiger partial charge >= 0.3 is 0 Å². The van der Waals surface area contributed by atoms with Gasteiger partial charge in [0.05, 0.1) is 18.2 Å². The van der Waals surface area contributed by atoms with Crippen molar-refractivity contribution in [1.82, 2.24) is 19.9 Å². The standard InChI is InChI=1S/C15H19N5O/c16-14-6-3-11(8-18-14)13-9-17-10-20(13)7-1-2-15(21)19-12-4-5-12/h3,6,8-10,12H,1-2,4-5,7H2,(H2,16,18)(H,19,21). The van der Waals surface area contributed by atoms with E-state index in [0.29, 0.717) is 18.3 Å². The second kappa shape index (κ2) is 5.95. The van der Waals surface area contributed by atoms with E-state index < -0.39 is 0 Å². The summed E-state index contributed by atoms with van der Waals surface area (Å²) in [5.74, 6) is 0.648. The van der Waals surface area contributed by atoms with Crippen molar-refractivity contribution in [3.63, 3.8) is 0 Å². The molecule has 0 saturated heterocycles. The molecule has 0 aromatic carbocycles. The van der Waals surface area contributed by atoms with Crippen LogP contribution in [0.1, 0.15) is 25.7 Å². The zero-order chi connectivity index (χ0) is 14.7. The van der Waals surface area contributed by atoms with Gasteiger partial charge in [-0.05, 0) is 31.4 Å². The minimum absolute atomic E-state index is 0.147. The molecule has 1 amide bonds. The SMILES string of the molecule is Nc1ccc(-c2cncn2CCCC(=O)NC2CC2)cn1. The molecule has 0 bridgehead atoms. The predicted octanol–water partition coefficient (Wildman–Crippen LogP) is 1.59. The van der Waals surface area contributed by atoms with E-state index in [0.717, 1.165) is 37.1 Å². The van der Waals surface area contributed by atoms with E-state index in [1.165, 1.54) is 0 Å². The van der Waals surface area contributed by atoms with Gasteiger partial charge in [-0.25, -0.2) is 9.97 Å². The Kier molecular flexibility index (Phi) is 3.85. The van der Waals surface area contributed by atoms with Crippen LogP contribution in [0.3, 0.4) is 0 Å². The van der Waals surface area contributed by atoms with Gasteiger partial charge in [-0.15, -0.1) is 0 Å². The smallest absolute Gasteiger partial charge is 0.220 e. The highest BCUT2D eigenvalue weighted by Crippen LogP contribution is 2.20. The maximum absolute atomic E-state index is 11.7. The van der Waals surface area contributed by atoms with Crippen LogP contribution in [0.15, 0.2) is 30.9 Å². The number of amides is 1. The minimum Gasteiger partial charge on any atom is -0.384 e. The quantitative estimate of drug-likeness (QED) is 0.844. The Morgan fingerprint density at radius 2 is 2.24 bits per heavy atom. The number of imidazole rings is 1. The number of carbonyl (C=O) groups is 1.